The lowest BCUT2D eigenvalue weighted by Crippen LogP contribution is -2.15. The van der Waals surface area contributed by atoms with E-state index in [1.54, 1.807) is 18.2 Å². The number of fused-ring (bicyclic) bond motifs is 1. The highest BCUT2D eigenvalue weighted by Crippen LogP contribution is 2.27. The molecule has 0 atom stereocenters. The number of halogens is 1. The summed E-state index contributed by atoms with van der Waals surface area (Å²) >= 11 is 0. The van der Waals surface area contributed by atoms with Crippen molar-refractivity contribution in [3.63, 3.8) is 0 Å². The fraction of sp³-hybridized carbons (Fsp3) is 0. The lowest BCUT2D eigenvalue weighted by atomic mass is 10.0. The minimum absolute atomic E-state index is 0.361. The molecule has 0 saturated heterocycles. The second kappa shape index (κ2) is 6.72. The average Bonchev–Trinajstić information content (AvgIpc) is 2.67. The Morgan fingerprint density at radius 3 is 2.42 bits per heavy atom. The number of anilines is 1. The molecule has 0 spiro atoms. The average molecular weight is 343 g/mol. The normalized spacial score (nSPS) is 10.7. The molecule has 0 radical (unpaired) electrons. The van der Waals surface area contributed by atoms with Crippen molar-refractivity contribution in [2.75, 3.05) is 5.32 Å². The molecule has 4 aromatic rings. The van der Waals surface area contributed by atoms with Gasteiger partial charge in [0.15, 0.2) is 0 Å². The number of carbonyl (C=O) groups is 1. The first-order valence-corrected chi connectivity index (χ1v) is 8.10. The van der Waals surface area contributed by atoms with Crippen LogP contribution in [0.3, 0.4) is 0 Å². The Bertz CT molecular complexity index is 1100. The lowest BCUT2D eigenvalue weighted by molar-refractivity contribution is 0.102. The quantitative estimate of drug-likeness (QED) is 0.587. The molecule has 0 fully saturated rings. The first-order valence-electron chi connectivity index (χ1n) is 8.10. The second-order valence-corrected chi connectivity index (χ2v) is 5.77. The van der Waals surface area contributed by atoms with Gasteiger partial charge in [-0.05, 0) is 24.3 Å². The maximum absolute atomic E-state index is 13.4. The smallest absolute Gasteiger partial charge is 0.258 e. The molecular formula is C21H14FN3O. The molecule has 1 N–H and O–H groups in total. The zero-order valence-corrected chi connectivity index (χ0v) is 13.7. The molecule has 126 valence electrons. The highest BCUT2D eigenvalue weighted by molar-refractivity contribution is 6.15. The Morgan fingerprint density at radius 2 is 1.62 bits per heavy atom. The van der Waals surface area contributed by atoms with E-state index in [0.717, 1.165) is 5.56 Å². The number of amides is 1. The first kappa shape index (κ1) is 15.9. The third-order valence-corrected chi connectivity index (χ3v) is 4.02. The van der Waals surface area contributed by atoms with Crippen molar-refractivity contribution in [1.29, 1.82) is 0 Å². The molecule has 1 amide bonds. The first-order chi connectivity index (χ1) is 12.7. The zero-order valence-electron chi connectivity index (χ0n) is 13.7. The van der Waals surface area contributed by atoms with Crippen LogP contribution in [-0.2, 0) is 0 Å². The summed E-state index contributed by atoms with van der Waals surface area (Å²) in [5.41, 5.74) is 2.69. The van der Waals surface area contributed by atoms with Gasteiger partial charge < -0.3 is 5.32 Å². The summed E-state index contributed by atoms with van der Waals surface area (Å²) in [5.74, 6) is -0.774. The van der Waals surface area contributed by atoms with Crippen LogP contribution >= 0.6 is 0 Å². The molecule has 1 aromatic heterocycles. The minimum Gasteiger partial charge on any atom is -0.322 e. The van der Waals surface area contributed by atoms with Gasteiger partial charge in [-0.2, -0.15) is 0 Å². The van der Waals surface area contributed by atoms with Gasteiger partial charge >= 0.3 is 0 Å². The predicted octanol–water partition coefficient (Wildman–Crippen LogP) is 4.69. The number of hydrogen-bond acceptors (Lipinski definition) is 3. The molecule has 5 heteroatoms. The van der Waals surface area contributed by atoms with E-state index < -0.39 is 5.82 Å². The van der Waals surface area contributed by atoms with Crippen LogP contribution in [0.15, 0.2) is 78.9 Å². The van der Waals surface area contributed by atoms with Crippen molar-refractivity contribution in [2.24, 2.45) is 0 Å². The second-order valence-electron chi connectivity index (χ2n) is 5.77. The maximum atomic E-state index is 13.4. The van der Waals surface area contributed by atoms with Gasteiger partial charge in [-0.25, -0.2) is 4.39 Å². The summed E-state index contributed by atoms with van der Waals surface area (Å²) in [6.45, 7) is 0. The maximum Gasteiger partial charge on any atom is 0.258 e. The van der Waals surface area contributed by atoms with Crippen molar-refractivity contribution >= 4 is 22.5 Å². The van der Waals surface area contributed by atoms with E-state index in [0.29, 0.717) is 27.8 Å². The van der Waals surface area contributed by atoms with E-state index in [-0.39, 0.29) is 5.91 Å². The Balaban J connectivity index is 1.87. The Hall–Kier alpha value is -3.60. The number of hydrogen-bond donors (Lipinski definition) is 1. The topological polar surface area (TPSA) is 54.9 Å². The van der Waals surface area contributed by atoms with Gasteiger partial charge in [-0.3, -0.25) is 4.79 Å². The van der Waals surface area contributed by atoms with Crippen molar-refractivity contribution in [2.45, 2.75) is 0 Å². The van der Waals surface area contributed by atoms with Gasteiger partial charge in [0.05, 0.1) is 11.1 Å². The Labute approximate surface area is 149 Å². The van der Waals surface area contributed by atoms with Gasteiger partial charge in [0, 0.05) is 16.6 Å². The highest BCUT2D eigenvalue weighted by atomic mass is 19.1. The summed E-state index contributed by atoms with van der Waals surface area (Å²) in [7, 11) is 0. The summed E-state index contributed by atoms with van der Waals surface area (Å²) in [6.07, 6.45) is 0. The molecule has 0 unspecified atom stereocenters. The zero-order chi connectivity index (χ0) is 17.9. The van der Waals surface area contributed by atoms with Gasteiger partial charge in [-0.1, -0.05) is 54.6 Å². The Kier molecular flexibility index (Phi) is 4.11. The van der Waals surface area contributed by atoms with Gasteiger partial charge in [0.2, 0.25) is 0 Å². The molecule has 4 rings (SSSR count). The van der Waals surface area contributed by atoms with E-state index in [4.69, 9.17) is 0 Å². The van der Waals surface area contributed by atoms with E-state index in [1.807, 2.05) is 48.5 Å². The van der Waals surface area contributed by atoms with E-state index in [1.165, 1.54) is 12.1 Å². The number of rotatable bonds is 3. The molecule has 0 aliphatic heterocycles. The number of nitrogens with zero attached hydrogens (tertiary/aromatic N) is 2. The monoisotopic (exact) mass is 343 g/mol. The number of carbonyl (C=O) groups excluding carboxylic acids is 1. The molecule has 0 aliphatic rings. The van der Waals surface area contributed by atoms with Crippen LogP contribution in [0, 0.1) is 5.82 Å². The largest absolute Gasteiger partial charge is 0.322 e. The minimum atomic E-state index is -0.413. The fourth-order valence-electron chi connectivity index (χ4n) is 2.84. The number of nitrogens with one attached hydrogen (secondary N) is 1. The van der Waals surface area contributed by atoms with Crippen LogP contribution in [0.2, 0.25) is 0 Å². The lowest BCUT2D eigenvalue weighted by Gasteiger charge is -2.12. The highest BCUT2D eigenvalue weighted by Gasteiger charge is 2.19. The van der Waals surface area contributed by atoms with Crippen LogP contribution in [0.1, 0.15) is 10.4 Å². The van der Waals surface area contributed by atoms with E-state index in [2.05, 4.69) is 15.5 Å². The van der Waals surface area contributed by atoms with Crippen LogP contribution in [0.5, 0.6) is 0 Å². The third kappa shape index (κ3) is 3.02. The molecule has 0 aliphatic carbocycles. The number of aromatic nitrogens is 2. The molecule has 4 nitrogen and oxygen atoms in total. The number of benzene rings is 3. The van der Waals surface area contributed by atoms with Gasteiger partial charge in [-0.15, -0.1) is 10.2 Å². The van der Waals surface area contributed by atoms with Crippen LogP contribution in [0.25, 0.3) is 22.2 Å². The van der Waals surface area contributed by atoms with E-state index in [9.17, 15) is 9.18 Å². The van der Waals surface area contributed by atoms with Crippen LogP contribution in [0.4, 0.5) is 10.1 Å². The van der Waals surface area contributed by atoms with Crippen LogP contribution < -0.4 is 5.32 Å². The summed E-state index contributed by atoms with van der Waals surface area (Å²) < 4.78 is 13.4. The molecule has 0 bridgehead atoms. The van der Waals surface area contributed by atoms with E-state index >= 15 is 0 Å². The predicted molar refractivity (Wildman–Crippen MR) is 99.3 cm³/mol. The Morgan fingerprint density at radius 1 is 0.846 bits per heavy atom. The summed E-state index contributed by atoms with van der Waals surface area (Å²) in [5, 5.41) is 11.9. The summed E-state index contributed by atoms with van der Waals surface area (Å²) in [4.78, 5) is 13.0. The van der Waals surface area contributed by atoms with Crippen molar-refractivity contribution in [3.05, 3.63) is 90.2 Å². The van der Waals surface area contributed by atoms with Gasteiger partial charge in [0.1, 0.15) is 11.5 Å². The molecule has 3 aromatic carbocycles. The molecule has 0 saturated carbocycles. The standard InChI is InChI=1S/C21H14FN3O/c22-15-9-6-10-16(13-15)23-21(26)19-17-11-4-5-12-18(17)24-25-20(19)14-7-2-1-3-8-14/h1-13H,(H,23,26). The molecular weight excluding hydrogens is 329 g/mol. The van der Waals surface area contributed by atoms with Crippen molar-refractivity contribution < 1.29 is 9.18 Å². The van der Waals surface area contributed by atoms with Crippen molar-refractivity contribution in [1.82, 2.24) is 10.2 Å². The van der Waals surface area contributed by atoms with Gasteiger partial charge in [0.25, 0.3) is 5.91 Å². The fourth-order valence-corrected chi connectivity index (χ4v) is 2.84. The summed E-state index contributed by atoms with van der Waals surface area (Å²) in [6, 6.07) is 22.5. The molecule has 26 heavy (non-hydrogen) atoms. The van der Waals surface area contributed by atoms with Crippen molar-refractivity contribution in [3.8, 4) is 11.3 Å². The molecule has 1 heterocycles. The third-order valence-electron chi connectivity index (χ3n) is 4.02. The van der Waals surface area contributed by atoms with Crippen LogP contribution in [-0.4, -0.2) is 16.1 Å². The SMILES string of the molecule is O=C(Nc1cccc(F)c1)c1c(-c2ccccc2)nnc2ccccc12.